The Labute approximate surface area is 174 Å². The zero-order chi connectivity index (χ0) is 21.0. The van der Waals surface area contributed by atoms with Crippen LogP contribution in [0.3, 0.4) is 0 Å². The van der Waals surface area contributed by atoms with Crippen LogP contribution in [-0.2, 0) is 16.8 Å². The Hall–Kier alpha value is 0.606. The fourth-order valence-corrected chi connectivity index (χ4v) is 1.81. The van der Waals surface area contributed by atoms with E-state index in [9.17, 15) is 0 Å². The molecule has 1 aliphatic heterocycles. The topological polar surface area (TPSA) is 197 Å². The predicted octanol–water partition coefficient (Wildman–Crippen LogP) is -9.79. The van der Waals surface area contributed by atoms with Crippen LogP contribution in [-0.4, -0.2) is 100 Å². The standard InChI is InChI=1S/C12H28N4.2ClHO4.Co/c1-13-5-7-14(2)9-11-16(4)12-10-15(3)8-6-13;2*2-1(3,4)5;/h5-12H2,1-4H3;2*(H,2,3,4,5);/q;;;+2/p-2. The minimum atomic E-state index is -4.94. The van der Waals surface area contributed by atoms with Gasteiger partial charge < -0.3 is 19.6 Å². The van der Waals surface area contributed by atoms with E-state index in [2.05, 4.69) is 47.8 Å². The normalized spacial score (nSPS) is 20.0. The molecule has 0 spiro atoms. The van der Waals surface area contributed by atoms with Gasteiger partial charge in [-0.2, -0.15) is 0 Å². The third kappa shape index (κ3) is 37.9. The molecule has 1 radical (unpaired) electrons. The van der Waals surface area contributed by atoms with Gasteiger partial charge in [-0.3, -0.25) is 0 Å². The summed E-state index contributed by atoms with van der Waals surface area (Å²) in [6.07, 6.45) is 0. The number of hydrogen-bond donors (Lipinski definition) is 0. The van der Waals surface area contributed by atoms with E-state index in [0.29, 0.717) is 0 Å². The number of nitrogens with zero attached hydrogens (tertiary/aromatic N) is 4. The Kier molecular flexibility index (Phi) is 19.6. The van der Waals surface area contributed by atoms with Gasteiger partial charge in [0, 0.05) is 52.4 Å². The largest absolute Gasteiger partial charge is 2.00 e. The van der Waals surface area contributed by atoms with Gasteiger partial charge in [-0.25, -0.2) is 37.3 Å². The first-order valence-electron chi connectivity index (χ1n) is 7.55. The second kappa shape index (κ2) is 16.4. The second-order valence-electron chi connectivity index (χ2n) is 5.97. The molecular formula is C12H28Cl2CoN4O8. The monoisotopic (exact) mass is 485 g/mol. The van der Waals surface area contributed by atoms with Gasteiger partial charge in [-0.15, -0.1) is 20.5 Å². The third-order valence-corrected chi connectivity index (χ3v) is 3.45. The molecule has 0 bridgehead atoms. The summed E-state index contributed by atoms with van der Waals surface area (Å²) in [5.74, 6) is 0. The van der Waals surface area contributed by atoms with E-state index in [-0.39, 0.29) is 16.8 Å². The second-order valence-corrected chi connectivity index (χ2v) is 7.48. The van der Waals surface area contributed by atoms with Crippen molar-refractivity contribution in [2.45, 2.75) is 0 Å². The van der Waals surface area contributed by atoms with Crippen molar-refractivity contribution in [3.8, 4) is 0 Å². The first kappa shape index (κ1) is 32.3. The Morgan fingerprint density at radius 3 is 0.556 bits per heavy atom. The summed E-state index contributed by atoms with van der Waals surface area (Å²) in [6, 6.07) is 0. The summed E-state index contributed by atoms with van der Waals surface area (Å²) in [5, 5.41) is 0. The molecule has 167 valence electrons. The summed E-state index contributed by atoms with van der Waals surface area (Å²) in [6.45, 7) is 9.40. The molecule has 12 nitrogen and oxygen atoms in total. The van der Waals surface area contributed by atoms with E-state index in [1.807, 2.05) is 0 Å². The van der Waals surface area contributed by atoms with E-state index in [4.69, 9.17) is 37.3 Å². The molecule has 1 fully saturated rings. The molecule has 1 rings (SSSR count). The summed E-state index contributed by atoms with van der Waals surface area (Å²) in [4.78, 5) is 9.72. The maximum absolute atomic E-state index is 8.49. The number of likely N-dealkylation sites (N-methyl/N-ethyl adjacent to an activating group) is 4. The zero-order valence-electron chi connectivity index (χ0n) is 15.8. The molecule has 27 heavy (non-hydrogen) atoms. The predicted molar refractivity (Wildman–Crippen MR) is 70.0 cm³/mol. The fraction of sp³-hybridized carbons (Fsp3) is 1.00. The quantitative estimate of drug-likeness (QED) is 0.314. The van der Waals surface area contributed by atoms with Gasteiger partial charge in [0.15, 0.2) is 0 Å². The summed E-state index contributed by atoms with van der Waals surface area (Å²) in [7, 11) is -1.00. The minimum absolute atomic E-state index is 0. The van der Waals surface area contributed by atoms with Crippen LogP contribution >= 0.6 is 0 Å². The van der Waals surface area contributed by atoms with Gasteiger partial charge in [0.2, 0.25) is 0 Å². The Balaban J connectivity index is -0.000000436. The first-order valence-corrected chi connectivity index (χ1v) is 10.0. The Morgan fingerprint density at radius 1 is 0.407 bits per heavy atom. The third-order valence-electron chi connectivity index (χ3n) is 3.45. The van der Waals surface area contributed by atoms with E-state index in [0.717, 1.165) is 0 Å². The van der Waals surface area contributed by atoms with Crippen LogP contribution in [0.25, 0.3) is 0 Å². The molecule has 0 aromatic rings. The van der Waals surface area contributed by atoms with Crippen molar-refractivity contribution in [1.82, 2.24) is 19.6 Å². The molecule has 1 saturated heterocycles. The van der Waals surface area contributed by atoms with Crippen LogP contribution in [0, 0.1) is 20.5 Å². The van der Waals surface area contributed by atoms with Crippen molar-refractivity contribution in [1.29, 1.82) is 0 Å². The molecule has 0 N–H and O–H groups in total. The molecule has 0 amide bonds. The van der Waals surface area contributed by atoms with E-state index in [1.54, 1.807) is 0 Å². The van der Waals surface area contributed by atoms with Crippen LogP contribution in [0.2, 0.25) is 0 Å². The molecule has 1 aliphatic rings. The first-order chi connectivity index (χ1) is 11.6. The van der Waals surface area contributed by atoms with Gasteiger partial charge in [0.25, 0.3) is 0 Å². The van der Waals surface area contributed by atoms with E-state index in [1.165, 1.54) is 52.4 Å². The number of rotatable bonds is 0. The van der Waals surface area contributed by atoms with Crippen molar-refractivity contribution in [2.75, 3.05) is 80.5 Å². The minimum Gasteiger partial charge on any atom is -0.304 e. The Morgan fingerprint density at radius 2 is 0.481 bits per heavy atom. The summed E-state index contributed by atoms with van der Waals surface area (Å²) in [5.41, 5.74) is 0. The van der Waals surface area contributed by atoms with Crippen molar-refractivity contribution >= 4 is 0 Å². The van der Waals surface area contributed by atoms with Crippen LogP contribution in [0.5, 0.6) is 0 Å². The number of halogens is 2. The molecule has 0 aromatic heterocycles. The van der Waals surface area contributed by atoms with E-state index >= 15 is 0 Å². The molecule has 0 aliphatic carbocycles. The zero-order valence-corrected chi connectivity index (χ0v) is 18.4. The average molecular weight is 486 g/mol. The fourth-order valence-electron chi connectivity index (χ4n) is 1.81. The van der Waals surface area contributed by atoms with Gasteiger partial charge in [-0.1, -0.05) is 0 Å². The maximum Gasteiger partial charge on any atom is 2.00 e. The molecule has 1 heterocycles. The van der Waals surface area contributed by atoms with Gasteiger partial charge in [0.1, 0.15) is 0 Å². The van der Waals surface area contributed by atoms with E-state index < -0.39 is 20.5 Å². The van der Waals surface area contributed by atoms with Gasteiger partial charge >= 0.3 is 16.8 Å². The summed E-state index contributed by atoms with van der Waals surface area (Å²) >= 11 is 0. The molecular weight excluding hydrogens is 458 g/mol. The average Bonchev–Trinajstić information content (AvgIpc) is 2.42. The van der Waals surface area contributed by atoms with Crippen LogP contribution in [0.15, 0.2) is 0 Å². The van der Waals surface area contributed by atoms with Crippen molar-refractivity contribution in [3.05, 3.63) is 0 Å². The molecule has 0 unspecified atom stereocenters. The van der Waals surface area contributed by atoms with Crippen LogP contribution in [0.4, 0.5) is 0 Å². The van der Waals surface area contributed by atoms with Crippen molar-refractivity contribution < 1.29 is 74.5 Å². The van der Waals surface area contributed by atoms with Crippen molar-refractivity contribution in [2.24, 2.45) is 0 Å². The molecule has 0 saturated carbocycles. The maximum atomic E-state index is 8.49. The molecule has 0 atom stereocenters. The van der Waals surface area contributed by atoms with Crippen LogP contribution in [0.1, 0.15) is 0 Å². The van der Waals surface area contributed by atoms with Gasteiger partial charge in [0.05, 0.1) is 0 Å². The smallest absolute Gasteiger partial charge is 0.304 e. The Bertz CT molecular complexity index is 272. The molecule has 15 heteroatoms. The molecule has 0 aromatic carbocycles. The van der Waals surface area contributed by atoms with Gasteiger partial charge in [-0.05, 0) is 28.2 Å². The number of hydrogen-bond acceptors (Lipinski definition) is 12. The SMILES string of the molecule is CN1CCN(C)CCN(C)CCN(C)CC1.[Co+2].[O-][Cl+3]([O-])([O-])[O-].[O-][Cl+3]([O-])([O-])[O-]. The van der Waals surface area contributed by atoms with Crippen LogP contribution < -0.4 is 37.3 Å². The van der Waals surface area contributed by atoms with Crippen molar-refractivity contribution in [3.63, 3.8) is 0 Å². The summed E-state index contributed by atoms with van der Waals surface area (Å²) < 4.78 is 67.9.